The molecule has 3 N–H and O–H groups in total. The number of thiocarbonyl (C=S) groups is 1. The molecule has 1 aromatic carbocycles. The number of hydrogen-bond donors (Lipinski definition) is 3. The van der Waals surface area contributed by atoms with E-state index in [-0.39, 0.29) is 23.0 Å². The normalized spacial score (nSPS) is 15.8. The third kappa shape index (κ3) is 7.63. The van der Waals surface area contributed by atoms with Crippen molar-refractivity contribution in [1.29, 1.82) is 0 Å². The minimum Gasteiger partial charge on any atom is -0.493 e. The number of anilines is 1. The Labute approximate surface area is 257 Å². The van der Waals surface area contributed by atoms with Gasteiger partial charge in [-0.05, 0) is 58.2 Å². The van der Waals surface area contributed by atoms with Gasteiger partial charge in [0.15, 0.2) is 5.75 Å². The molecule has 1 aliphatic heterocycles. The van der Waals surface area contributed by atoms with Gasteiger partial charge in [-0.15, -0.1) is 0 Å². The quantitative estimate of drug-likeness (QED) is 0.310. The van der Waals surface area contributed by atoms with Gasteiger partial charge in [0.05, 0.1) is 36.1 Å². The number of hydrogen-bond acceptors (Lipinski definition) is 8. The van der Waals surface area contributed by atoms with Crippen molar-refractivity contribution < 1.29 is 23.8 Å². The van der Waals surface area contributed by atoms with Crippen molar-refractivity contribution in [3.8, 4) is 11.5 Å². The maximum Gasteiger partial charge on any atom is 0.410 e. The number of para-hydroxylation sites is 1. The van der Waals surface area contributed by atoms with Crippen LogP contribution in [0.25, 0.3) is 0 Å². The van der Waals surface area contributed by atoms with Gasteiger partial charge >= 0.3 is 6.09 Å². The maximum absolute atomic E-state index is 13.4. The molecule has 2 aromatic rings. The monoisotopic (exact) mass is 615 g/mol. The molecule has 4 rings (SSSR count). The van der Waals surface area contributed by atoms with Crippen LogP contribution in [0.2, 0.25) is 5.02 Å². The molecule has 2 amide bonds. The second-order valence-electron chi connectivity index (χ2n) is 11.5. The number of ether oxygens (including phenoxy) is 3. The summed E-state index contributed by atoms with van der Waals surface area (Å²) in [6.45, 7) is 6.44. The van der Waals surface area contributed by atoms with Crippen molar-refractivity contribution in [1.82, 2.24) is 20.5 Å². The number of carbonyl (C=O) groups is 2. The predicted octanol–water partition coefficient (Wildman–Crippen LogP) is 5.22. The molecule has 226 valence electrons. The second kappa shape index (κ2) is 13.2. The van der Waals surface area contributed by atoms with E-state index in [1.165, 1.54) is 12.0 Å². The Kier molecular flexibility index (Phi) is 9.83. The first-order valence-corrected chi connectivity index (χ1v) is 14.6. The molecule has 2 aliphatic rings. The number of carbonyl (C=O) groups excluding carboxylic acids is 2. The van der Waals surface area contributed by atoms with Gasteiger partial charge < -0.3 is 35.1 Å². The number of benzene rings is 1. The van der Waals surface area contributed by atoms with Gasteiger partial charge in [-0.2, -0.15) is 0 Å². The van der Waals surface area contributed by atoms with Gasteiger partial charge in [0.1, 0.15) is 22.9 Å². The third-order valence-corrected chi connectivity index (χ3v) is 7.74. The topological polar surface area (TPSA) is 114 Å². The number of methoxy groups -OCH3 is 1. The van der Waals surface area contributed by atoms with Crippen molar-refractivity contribution in [3.05, 3.63) is 58.5 Å². The van der Waals surface area contributed by atoms with Crippen molar-refractivity contribution in [2.45, 2.75) is 64.1 Å². The fourth-order valence-electron chi connectivity index (χ4n) is 4.82. The highest BCUT2D eigenvalue weighted by molar-refractivity contribution is 7.81. The minimum atomic E-state index is -0.575. The predicted molar refractivity (Wildman–Crippen MR) is 166 cm³/mol. The highest BCUT2D eigenvalue weighted by atomic mass is 35.5. The van der Waals surface area contributed by atoms with E-state index in [1.54, 1.807) is 37.6 Å². The first-order valence-electron chi connectivity index (χ1n) is 13.8. The van der Waals surface area contributed by atoms with Crippen LogP contribution in [-0.4, -0.2) is 65.3 Å². The standard InChI is InChI=1S/C30H38ClN5O5S/c1-29(2,3)41-28(38)36(4)14-15-40-23-18-32-13-10-19(23)17-33-22-16-30(11-7-12-30)35-26(37)24(22)27(42)34-21-9-6-8-20(31)25(21)39-5/h6,8-10,13,18,33H,7,11-12,14-17H2,1-5H3,(H,34,42)(H,35,37). The SMILES string of the molecule is COc1c(Cl)cccc1NC(=S)C1=C(NCc2ccncc2OCCN(C)C(=O)OC(C)(C)C)CC2(CCC2)NC1=O. The number of rotatable bonds is 10. The molecular weight excluding hydrogens is 578 g/mol. The van der Waals surface area contributed by atoms with Crippen LogP contribution in [0.5, 0.6) is 11.5 Å². The van der Waals surface area contributed by atoms with E-state index in [4.69, 9.17) is 38.0 Å². The van der Waals surface area contributed by atoms with Crippen molar-refractivity contribution in [2.75, 3.05) is 32.6 Å². The summed E-state index contributed by atoms with van der Waals surface area (Å²) in [7, 11) is 3.19. The lowest BCUT2D eigenvalue weighted by molar-refractivity contribution is -0.120. The van der Waals surface area contributed by atoms with Crippen LogP contribution in [-0.2, 0) is 16.1 Å². The summed E-state index contributed by atoms with van der Waals surface area (Å²) in [5.74, 6) is 0.797. The molecule has 10 nitrogen and oxygen atoms in total. The highest BCUT2D eigenvalue weighted by Crippen LogP contribution is 2.41. The third-order valence-electron chi connectivity index (χ3n) is 7.13. The van der Waals surface area contributed by atoms with Gasteiger partial charge in [-0.25, -0.2) is 4.79 Å². The zero-order valence-electron chi connectivity index (χ0n) is 24.6. The molecule has 1 aromatic heterocycles. The molecule has 12 heteroatoms. The Bertz CT molecular complexity index is 1370. The van der Waals surface area contributed by atoms with E-state index >= 15 is 0 Å². The number of pyridine rings is 1. The van der Waals surface area contributed by atoms with Gasteiger partial charge in [0, 0.05) is 43.0 Å². The Morgan fingerprint density at radius 1 is 1.26 bits per heavy atom. The molecule has 0 saturated heterocycles. The number of amides is 2. The summed E-state index contributed by atoms with van der Waals surface area (Å²) in [6.07, 6.45) is 6.42. The number of halogens is 1. The fraction of sp³-hybridized carbons (Fsp3) is 0.467. The lowest BCUT2D eigenvalue weighted by Gasteiger charge is -2.46. The average molecular weight is 616 g/mol. The number of nitrogens with one attached hydrogen (secondary N) is 3. The van der Waals surface area contributed by atoms with Gasteiger partial charge in [0.25, 0.3) is 5.91 Å². The fourth-order valence-corrected chi connectivity index (χ4v) is 5.40. The van der Waals surface area contributed by atoms with E-state index in [0.717, 1.165) is 30.5 Å². The Hall–Kier alpha value is -3.57. The van der Waals surface area contributed by atoms with Crippen LogP contribution in [0.4, 0.5) is 10.5 Å². The lowest BCUT2D eigenvalue weighted by Crippen LogP contribution is -2.58. The lowest BCUT2D eigenvalue weighted by atomic mass is 9.71. The zero-order valence-corrected chi connectivity index (χ0v) is 26.2. The van der Waals surface area contributed by atoms with E-state index < -0.39 is 11.7 Å². The van der Waals surface area contributed by atoms with E-state index in [9.17, 15) is 9.59 Å². The maximum atomic E-state index is 13.4. The van der Waals surface area contributed by atoms with Gasteiger partial charge in [-0.3, -0.25) is 9.78 Å². The minimum absolute atomic E-state index is 0.224. The van der Waals surface area contributed by atoms with Gasteiger partial charge in [0.2, 0.25) is 0 Å². The Morgan fingerprint density at radius 2 is 2.02 bits per heavy atom. The van der Waals surface area contributed by atoms with Crippen LogP contribution >= 0.6 is 23.8 Å². The summed E-state index contributed by atoms with van der Waals surface area (Å²) in [5.41, 5.74) is 1.70. The second-order valence-corrected chi connectivity index (χ2v) is 12.3. The van der Waals surface area contributed by atoms with Crippen molar-refractivity contribution in [3.63, 3.8) is 0 Å². The number of aromatic nitrogens is 1. The summed E-state index contributed by atoms with van der Waals surface area (Å²) >= 11 is 12.0. The molecular formula is C30H38ClN5O5S. The molecule has 1 aliphatic carbocycles. The molecule has 42 heavy (non-hydrogen) atoms. The molecule has 0 unspecified atom stereocenters. The number of likely N-dealkylation sites (N-methyl/N-ethyl adjacent to an activating group) is 1. The average Bonchev–Trinajstić information content (AvgIpc) is 2.90. The molecule has 2 heterocycles. The van der Waals surface area contributed by atoms with Crippen LogP contribution in [0.3, 0.4) is 0 Å². The van der Waals surface area contributed by atoms with Crippen LogP contribution in [0, 0.1) is 0 Å². The van der Waals surface area contributed by atoms with E-state index in [0.29, 0.717) is 47.3 Å². The largest absolute Gasteiger partial charge is 0.493 e. The zero-order chi connectivity index (χ0) is 30.5. The first kappa shape index (κ1) is 31.4. The van der Waals surface area contributed by atoms with E-state index in [1.807, 2.05) is 26.8 Å². The summed E-state index contributed by atoms with van der Waals surface area (Å²) in [4.78, 5) is 31.6. The summed E-state index contributed by atoms with van der Waals surface area (Å²) in [5, 5.41) is 10.2. The molecule has 0 atom stereocenters. The summed E-state index contributed by atoms with van der Waals surface area (Å²) in [6, 6.07) is 7.15. The Balaban J connectivity index is 1.49. The van der Waals surface area contributed by atoms with Crippen LogP contribution in [0.15, 0.2) is 47.9 Å². The first-order chi connectivity index (χ1) is 19.9. The molecule has 0 bridgehead atoms. The highest BCUT2D eigenvalue weighted by Gasteiger charge is 2.44. The molecule has 1 fully saturated rings. The van der Waals surface area contributed by atoms with Crippen LogP contribution < -0.4 is 25.4 Å². The van der Waals surface area contributed by atoms with E-state index in [2.05, 4.69) is 20.9 Å². The van der Waals surface area contributed by atoms with Crippen LogP contribution in [0.1, 0.15) is 52.0 Å². The summed E-state index contributed by atoms with van der Waals surface area (Å²) < 4.78 is 16.8. The van der Waals surface area contributed by atoms with Crippen molar-refractivity contribution >= 4 is 46.5 Å². The molecule has 1 saturated carbocycles. The molecule has 0 radical (unpaired) electrons. The Morgan fingerprint density at radius 3 is 2.69 bits per heavy atom. The smallest absolute Gasteiger partial charge is 0.410 e. The number of nitrogens with zero attached hydrogens (tertiary/aromatic N) is 2. The van der Waals surface area contributed by atoms with Crippen molar-refractivity contribution in [2.24, 2.45) is 0 Å². The molecule has 1 spiro atoms. The van der Waals surface area contributed by atoms with Gasteiger partial charge in [-0.1, -0.05) is 29.9 Å².